The van der Waals surface area contributed by atoms with Crippen molar-refractivity contribution in [1.29, 1.82) is 0 Å². The SMILES string of the molecule is CSc1ncc(C(=O)Nc2ccc(Br)cc2F)c(C)n1. The van der Waals surface area contributed by atoms with Crippen LogP contribution < -0.4 is 5.32 Å². The molecule has 7 heteroatoms. The summed E-state index contributed by atoms with van der Waals surface area (Å²) >= 11 is 4.55. The molecule has 0 fully saturated rings. The van der Waals surface area contributed by atoms with Crippen molar-refractivity contribution in [2.24, 2.45) is 0 Å². The topological polar surface area (TPSA) is 54.9 Å². The zero-order valence-corrected chi connectivity index (χ0v) is 13.2. The quantitative estimate of drug-likeness (QED) is 0.674. The molecule has 0 saturated heterocycles. The Balaban J connectivity index is 2.24. The van der Waals surface area contributed by atoms with Crippen molar-refractivity contribution in [1.82, 2.24) is 9.97 Å². The molecule has 1 aromatic heterocycles. The molecule has 0 radical (unpaired) electrons. The third-order valence-corrected chi connectivity index (χ3v) is 3.62. The van der Waals surface area contributed by atoms with Gasteiger partial charge in [-0.1, -0.05) is 27.7 Å². The average Bonchev–Trinajstić information content (AvgIpc) is 2.41. The lowest BCUT2D eigenvalue weighted by atomic mass is 10.2. The molecule has 104 valence electrons. The van der Waals surface area contributed by atoms with Crippen LogP contribution in [0.25, 0.3) is 0 Å². The number of nitrogens with zero attached hydrogens (tertiary/aromatic N) is 2. The molecule has 1 amide bonds. The Bertz CT molecular complexity index is 666. The molecule has 1 aromatic carbocycles. The summed E-state index contributed by atoms with van der Waals surface area (Å²) in [5, 5.41) is 3.10. The highest BCUT2D eigenvalue weighted by Crippen LogP contribution is 2.20. The minimum Gasteiger partial charge on any atom is -0.319 e. The van der Waals surface area contributed by atoms with E-state index in [1.165, 1.54) is 30.1 Å². The molecular formula is C13H11BrFN3OS. The summed E-state index contributed by atoms with van der Waals surface area (Å²) in [6.45, 7) is 1.72. The van der Waals surface area contributed by atoms with E-state index in [-0.39, 0.29) is 5.69 Å². The van der Waals surface area contributed by atoms with Gasteiger partial charge in [-0.05, 0) is 31.4 Å². The third kappa shape index (κ3) is 3.34. The van der Waals surface area contributed by atoms with E-state index in [4.69, 9.17) is 0 Å². The predicted molar refractivity (Wildman–Crippen MR) is 80.6 cm³/mol. The second kappa shape index (κ2) is 6.32. The summed E-state index contributed by atoms with van der Waals surface area (Å²) < 4.78 is 14.3. The molecule has 0 spiro atoms. The number of aromatic nitrogens is 2. The Hall–Kier alpha value is -1.47. The van der Waals surface area contributed by atoms with Gasteiger partial charge in [0.2, 0.25) is 0 Å². The molecule has 1 N–H and O–H groups in total. The first-order valence-electron chi connectivity index (χ1n) is 5.65. The van der Waals surface area contributed by atoms with E-state index < -0.39 is 11.7 Å². The summed E-state index contributed by atoms with van der Waals surface area (Å²) in [6, 6.07) is 4.43. The summed E-state index contributed by atoms with van der Waals surface area (Å²) in [5.74, 6) is -0.941. The smallest absolute Gasteiger partial charge is 0.259 e. The van der Waals surface area contributed by atoms with Crippen molar-refractivity contribution < 1.29 is 9.18 Å². The van der Waals surface area contributed by atoms with Crippen molar-refractivity contribution >= 4 is 39.3 Å². The number of rotatable bonds is 3. The molecule has 0 unspecified atom stereocenters. The van der Waals surface area contributed by atoms with Crippen LogP contribution in [0, 0.1) is 12.7 Å². The molecule has 2 aromatic rings. The number of hydrogen-bond acceptors (Lipinski definition) is 4. The van der Waals surface area contributed by atoms with Crippen LogP contribution in [0.4, 0.5) is 10.1 Å². The van der Waals surface area contributed by atoms with Gasteiger partial charge in [-0.25, -0.2) is 14.4 Å². The molecule has 0 saturated carbocycles. The van der Waals surface area contributed by atoms with E-state index in [9.17, 15) is 9.18 Å². The van der Waals surface area contributed by atoms with Crippen LogP contribution in [0.5, 0.6) is 0 Å². The standard InChI is InChI=1S/C13H11BrFN3OS/c1-7-9(6-16-13(17-7)20-2)12(19)18-11-4-3-8(14)5-10(11)15/h3-6H,1-2H3,(H,18,19). The second-order valence-corrected chi connectivity index (χ2v) is 5.62. The predicted octanol–water partition coefficient (Wildman–Crippen LogP) is 3.66. The normalized spacial score (nSPS) is 10.4. The highest BCUT2D eigenvalue weighted by molar-refractivity contribution is 9.10. The molecule has 0 bridgehead atoms. The molecule has 0 aliphatic carbocycles. The van der Waals surface area contributed by atoms with Crippen LogP contribution >= 0.6 is 27.7 Å². The molecule has 0 atom stereocenters. The van der Waals surface area contributed by atoms with Crippen molar-refractivity contribution in [3.8, 4) is 0 Å². The summed E-state index contributed by atoms with van der Waals surface area (Å²) in [5.41, 5.74) is 0.996. The van der Waals surface area contributed by atoms with Crippen molar-refractivity contribution in [2.45, 2.75) is 12.1 Å². The van der Waals surface area contributed by atoms with Gasteiger partial charge in [0.05, 0.1) is 16.9 Å². The largest absolute Gasteiger partial charge is 0.319 e. The highest BCUT2D eigenvalue weighted by Gasteiger charge is 2.13. The Labute approximate surface area is 128 Å². The van der Waals surface area contributed by atoms with Crippen LogP contribution in [-0.4, -0.2) is 22.1 Å². The van der Waals surface area contributed by atoms with E-state index in [0.717, 1.165) is 0 Å². The van der Waals surface area contributed by atoms with Gasteiger partial charge in [0.25, 0.3) is 5.91 Å². The molecular weight excluding hydrogens is 345 g/mol. The number of anilines is 1. The van der Waals surface area contributed by atoms with Crippen LogP contribution in [-0.2, 0) is 0 Å². The number of halogens is 2. The second-order valence-electron chi connectivity index (χ2n) is 3.93. The van der Waals surface area contributed by atoms with E-state index in [1.807, 2.05) is 6.26 Å². The number of hydrogen-bond donors (Lipinski definition) is 1. The van der Waals surface area contributed by atoms with Gasteiger partial charge < -0.3 is 5.32 Å². The maximum absolute atomic E-state index is 13.7. The first-order chi connectivity index (χ1) is 9.51. The maximum Gasteiger partial charge on any atom is 0.259 e. The molecule has 20 heavy (non-hydrogen) atoms. The summed E-state index contributed by atoms with van der Waals surface area (Å²) in [4.78, 5) is 20.3. The Morgan fingerprint density at radius 1 is 1.45 bits per heavy atom. The van der Waals surface area contributed by atoms with Gasteiger partial charge in [0.15, 0.2) is 5.16 Å². The number of aryl methyl sites for hydroxylation is 1. The van der Waals surface area contributed by atoms with Crippen LogP contribution in [0.15, 0.2) is 34.0 Å². The monoisotopic (exact) mass is 355 g/mol. The molecule has 2 rings (SSSR count). The third-order valence-electron chi connectivity index (χ3n) is 2.56. The van der Waals surface area contributed by atoms with Gasteiger partial charge in [0.1, 0.15) is 5.82 Å². The zero-order valence-electron chi connectivity index (χ0n) is 10.8. The van der Waals surface area contributed by atoms with Crippen LogP contribution in [0.2, 0.25) is 0 Å². The van der Waals surface area contributed by atoms with E-state index >= 15 is 0 Å². The first kappa shape index (κ1) is 14.9. The van der Waals surface area contributed by atoms with Crippen molar-refractivity contribution in [2.75, 3.05) is 11.6 Å². The molecule has 4 nitrogen and oxygen atoms in total. The lowest BCUT2D eigenvalue weighted by Gasteiger charge is -2.08. The summed E-state index contributed by atoms with van der Waals surface area (Å²) in [6.07, 6.45) is 3.30. The Kier molecular flexibility index (Phi) is 4.72. The fourth-order valence-corrected chi connectivity index (χ4v) is 2.27. The first-order valence-corrected chi connectivity index (χ1v) is 7.67. The lowest BCUT2D eigenvalue weighted by Crippen LogP contribution is -2.15. The Morgan fingerprint density at radius 3 is 2.80 bits per heavy atom. The van der Waals surface area contributed by atoms with Crippen LogP contribution in [0.1, 0.15) is 16.1 Å². The van der Waals surface area contributed by atoms with Crippen LogP contribution in [0.3, 0.4) is 0 Å². The van der Waals surface area contributed by atoms with Gasteiger partial charge in [-0.3, -0.25) is 4.79 Å². The maximum atomic E-state index is 13.7. The zero-order chi connectivity index (χ0) is 14.7. The number of thioether (sulfide) groups is 1. The number of carbonyl (C=O) groups is 1. The van der Waals surface area contributed by atoms with E-state index in [2.05, 4.69) is 31.2 Å². The molecule has 0 aliphatic rings. The number of nitrogens with one attached hydrogen (secondary N) is 1. The number of amides is 1. The minimum absolute atomic E-state index is 0.117. The van der Waals surface area contributed by atoms with Gasteiger partial charge in [0, 0.05) is 10.7 Å². The Morgan fingerprint density at radius 2 is 2.20 bits per heavy atom. The van der Waals surface area contributed by atoms with E-state index in [0.29, 0.717) is 20.9 Å². The fourth-order valence-electron chi connectivity index (χ4n) is 1.55. The minimum atomic E-state index is -0.507. The van der Waals surface area contributed by atoms with E-state index in [1.54, 1.807) is 13.0 Å². The highest BCUT2D eigenvalue weighted by atomic mass is 79.9. The summed E-state index contributed by atoms with van der Waals surface area (Å²) in [7, 11) is 0. The van der Waals surface area contributed by atoms with Crippen molar-refractivity contribution in [3.63, 3.8) is 0 Å². The molecule has 0 aliphatic heterocycles. The molecule has 1 heterocycles. The van der Waals surface area contributed by atoms with Gasteiger partial charge in [-0.2, -0.15) is 0 Å². The fraction of sp³-hybridized carbons (Fsp3) is 0.154. The van der Waals surface area contributed by atoms with Gasteiger partial charge >= 0.3 is 0 Å². The lowest BCUT2D eigenvalue weighted by molar-refractivity contribution is 0.102. The van der Waals surface area contributed by atoms with Gasteiger partial charge in [-0.15, -0.1) is 0 Å². The number of carbonyl (C=O) groups excluding carboxylic acids is 1. The van der Waals surface area contributed by atoms with Crippen molar-refractivity contribution in [3.05, 3.63) is 45.9 Å². The average molecular weight is 356 g/mol. The number of benzene rings is 1.